The number of nitrogens with zero attached hydrogens (tertiary/aromatic N) is 1. The highest BCUT2D eigenvalue weighted by Crippen LogP contribution is 2.05. The summed E-state index contributed by atoms with van der Waals surface area (Å²) in [6, 6.07) is 2.13. The Bertz CT molecular complexity index is 267. The number of guanidine groups is 1. The molecular weight excluding hydrogens is 194 g/mol. The van der Waals surface area contributed by atoms with Gasteiger partial charge in [-0.2, -0.15) is 11.3 Å². The first kappa shape index (κ1) is 11.0. The number of hydrogen-bond acceptors (Lipinski definition) is 2. The van der Waals surface area contributed by atoms with Gasteiger partial charge in [0.05, 0.1) is 0 Å². The number of nitrogens with one attached hydrogen (secondary N) is 1. The van der Waals surface area contributed by atoms with Crippen LogP contribution >= 0.6 is 11.3 Å². The standard InChI is InChI=1S/C10H17N3S/c1-2-5-12-10(11)13-6-3-9-4-7-14-8-9/h4,7-8H,2-3,5-6H2,1H3,(H3,11,12,13). The number of thiophene rings is 1. The van der Waals surface area contributed by atoms with Crippen LogP contribution in [0.3, 0.4) is 0 Å². The van der Waals surface area contributed by atoms with E-state index in [1.54, 1.807) is 11.3 Å². The molecule has 78 valence electrons. The highest BCUT2D eigenvalue weighted by atomic mass is 32.1. The van der Waals surface area contributed by atoms with Crippen molar-refractivity contribution in [2.24, 2.45) is 10.7 Å². The Labute approximate surface area is 89.0 Å². The van der Waals surface area contributed by atoms with Gasteiger partial charge in [0.1, 0.15) is 0 Å². The van der Waals surface area contributed by atoms with E-state index in [1.807, 2.05) is 0 Å². The molecule has 0 spiro atoms. The molecule has 0 atom stereocenters. The summed E-state index contributed by atoms with van der Waals surface area (Å²) in [6.07, 6.45) is 2.04. The topological polar surface area (TPSA) is 50.4 Å². The highest BCUT2D eigenvalue weighted by Gasteiger charge is 1.93. The Kier molecular flexibility index (Phi) is 5.07. The third-order valence-corrected chi connectivity index (χ3v) is 2.54. The van der Waals surface area contributed by atoms with Crippen LogP contribution in [0.25, 0.3) is 0 Å². The van der Waals surface area contributed by atoms with Crippen LogP contribution in [0.5, 0.6) is 0 Å². The van der Waals surface area contributed by atoms with E-state index in [-0.39, 0.29) is 0 Å². The zero-order chi connectivity index (χ0) is 10.2. The van der Waals surface area contributed by atoms with Crippen LogP contribution in [-0.2, 0) is 6.42 Å². The molecule has 3 N–H and O–H groups in total. The van der Waals surface area contributed by atoms with Crippen molar-refractivity contribution in [1.82, 2.24) is 5.32 Å². The van der Waals surface area contributed by atoms with E-state index in [2.05, 4.69) is 34.1 Å². The van der Waals surface area contributed by atoms with Gasteiger partial charge in [-0.05, 0) is 35.2 Å². The second-order valence-corrected chi connectivity index (χ2v) is 3.86. The molecule has 1 aromatic heterocycles. The molecule has 0 bridgehead atoms. The van der Waals surface area contributed by atoms with Crippen molar-refractivity contribution in [3.8, 4) is 0 Å². The second-order valence-electron chi connectivity index (χ2n) is 3.08. The third kappa shape index (κ3) is 4.28. The van der Waals surface area contributed by atoms with Gasteiger partial charge in [0, 0.05) is 13.1 Å². The van der Waals surface area contributed by atoms with Crippen molar-refractivity contribution in [2.75, 3.05) is 13.1 Å². The third-order valence-electron chi connectivity index (χ3n) is 1.81. The van der Waals surface area contributed by atoms with Gasteiger partial charge in [-0.25, -0.2) is 0 Å². The lowest BCUT2D eigenvalue weighted by atomic mass is 10.2. The fourth-order valence-corrected chi connectivity index (χ4v) is 1.76. The maximum Gasteiger partial charge on any atom is 0.188 e. The van der Waals surface area contributed by atoms with Crippen molar-refractivity contribution in [3.63, 3.8) is 0 Å². The van der Waals surface area contributed by atoms with Gasteiger partial charge in [-0.1, -0.05) is 6.92 Å². The lowest BCUT2D eigenvalue weighted by molar-refractivity contribution is 0.841. The van der Waals surface area contributed by atoms with Crippen LogP contribution in [-0.4, -0.2) is 19.0 Å². The molecule has 1 aromatic rings. The molecule has 1 rings (SSSR count). The molecule has 0 aliphatic rings. The first-order valence-electron chi connectivity index (χ1n) is 4.87. The van der Waals surface area contributed by atoms with Crippen LogP contribution in [0.2, 0.25) is 0 Å². The summed E-state index contributed by atoms with van der Waals surface area (Å²) in [5, 5.41) is 7.33. The first-order chi connectivity index (χ1) is 6.83. The van der Waals surface area contributed by atoms with E-state index in [4.69, 9.17) is 5.73 Å². The molecule has 0 fully saturated rings. The van der Waals surface area contributed by atoms with Gasteiger partial charge >= 0.3 is 0 Å². The minimum atomic E-state index is 0.557. The molecule has 0 aromatic carbocycles. The van der Waals surface area contributed by atoms with Crippen molar-refractivity contribution in [1.29, 1.82) is 0 Å². The average molecular weight is 211 g/mol. The van der Waals surface area contributed by atoms with E-state index in [0.717, 1.165) is 25.9 Å². The quantitative estimate of drug-likeness (QED) is 0.574. The molecule has 0 saturated heterocycles. The Hall–Kier alpha value is -1.03. The van der Waals surface area contributed by atoms with E-state index >= 15 is 0 Å². The van der Waals surface area contributed by atoms with Crippen LogP contribution in [0.4, 0.5) is 0 Å². The number of hydrogen-bond donors (Lipinski definition) is 2. The molecule has 4 heteroatoms. The van der Waals surface area contributed by atoms with Gasteiger partial charge in [-0.3, -0.25) is 4.99 Å². The van der Waals surface area contributed by atoms with Crippen molar-refractivity contribution >= 4 is 17.3 Å². The Morgan fingerprint density at radius 2 is 2.50 bits per heavy atom. The summed E-state index contributed by atoms with van der Waals surface area (Å²) >= 11 is 1.72. The van der Waals surface area contributed by atoms with Gasteiger partial charge in [0.15, 0.2) is 5.96 Å². The number of nitrogens with two attached hydrogens (primary N) is 1. The minimum absolute atomic E-state index is 0.557. The predicted molar refractivity (Wildman–Crippen MR) is 62.8 cm³/mol. The molecule has 0 aliphatic heterocycles. The van der Waals surface area contributed by atoms with Gasteiger partial charge < -0.3 is 11.1 Å². The zero-order valence-corrected chi connectivity index (χ0v) is 9.31. The lowest BCUT2D eigenvalue weighted by Crippen LogP contribution is -2.33. The first-order valence-corrected chi connectivity index (χ1v) is 5.82. The molecule has 3 nitrogen and oxygen atoms in total. The van der Waals surface area contributed by atoms with Crippen LogP contribution in [0, 0.1) is 0 Å². The summed E-state index contributed by atoms with van der Waals surface area (Å²) in [5.41, 5.74) is 6.99. The van der Waals surface area contributed by atoms with Crippen molar-refractivity contribution in [3.05, 3.63) is 22.4 Å². The smallest absolute Gasteiger partial charge is 0.188 e. The molecule has 0 amide bonds. The molecule has 1 heterocycles. The van der Waals surface area contributed by atoms with Crippen molar-refractivity contribution < 1.29 is 0 Å². The van der Waals surface area contributed by atoms with Crippen molar-refractivity contribution in [2.45, 2.75) is 19.8 Å². The summed E-state index contributed by atoms with van der Waals surface area (Å²) in [6.45, 7) is 3.75. The summed E-state index contributed by atoms with van der Waals surface area (Å²) in [5.74, 6) is 0.557. The normalized spacial score (nSPS) is 11.6. The van der Waals surface area contributed by atoms with Gasteiger partial charge in [-0.15, -0.1) is 0 Å². The number of aliphatic imine (C=N–C) groups is 1. The Balaban J connectivity index is 2.15. The maximum atomic E-state index is 5.64. The largest absolute Gasteiger partial charge is 0.370 e. The average Bonchev–Trinajstić information content (AvgIpc) is 2.67. The summed E-state index contributed by atoms with van der Waals surface area (Å²) in [4.78, 5) is 4.15. The SMILES string of the molecule is CCCN=C(N)NCCc1ccsc1. The van der Waals surface area contributed by atoms with E-state index in [0.29, 0.717) is 5.96 Å². The molecular formula is C10H17N3S. The fourth-order valence-electron chi connectivity index (χ4n) is 1.06. The molecule has 0 unspecified atom stereocenters. The number of rotatable bonds is 5. The van der Waals surface area contributed by atoms with E-state index in [9.17, 15) is 0 Å². The molecule has 0 radical (unpaired) electrons. The van der Waals surface area contributed by atoms with Crippen LogP contribution in [0.1, 0.15) is 18.9 Å². The molecule has 14 heavy (non-hydrogen) atoms. The van der Waals surface area contributed by atoms with E-state index < -0.39 is 0 Å². The Morgan fingerprint density at radius 3 is 3.14 bits per heavy atom. The molecule has 0 aliphatic carbocycles. The maximum absolute atomic E-state index is 5.64. The van der Waals surface area contributed by atoms with Crippen LogP contribution in [0.15, 0.2) is 21.8 Å². The van der Waals surface area contributed by atoms with Gasteiger partial charge in [0.25, 0.3) is 0 Å². The highest BCUT2D eigenvalue weighted by molar-refractivity contribution is 7.07. The van der Waals surface area contributed by atoms with Gasteiger partial charge in [0.2, 0.25) is 0 Å². The van der Waals surface area contributed by atoms with Crippen LogP contribution < -0.4 is 11.1 Å². The monoisotopic (exact) mass is 211 g/mol. The summed E-state index contributed by atoms with van der Waals surface area (Å²) in [7, 11) is 0. The predicted octanol–water partition coefficient (Wildman–Crippen LogP) is 1.60. The lowest BCUT2D eigenvalue weighted by Gasteiger charge is -2.03. The fraction of sp³-hybridized carbons (Fsp3) is 0.500. The second kappa shape index (κ2) is 6.43. The Morgan fingerprint density at radius 1 is 1.64 bits per heavy atom. The minimum Gasteiger partial charge on any atom is -0.370 e. The van der Waals surface area contributed by atoms with E-state index in [1.165, 1.54) is 5.56 Å². The molecule has 0 saturated carbocycles. The zero-order valence-electron chi connectivity index (χ0n) is 8.49. The summed E-state index contributed by atoms with van der Waals surface area (Å²) < 4.78 is 0.